The maximum Gasteiger partial charge on any atom is 0.224 e. The van der Waals surface area contributed by atoms with Crippen LogP contribution in [-0.2, 0) is 4.79 Å². The van der Waals surface area contributed by atoms with Gasteiger partial charge in [0.2, 0.25) is 11.9 Å². The van der Waals surface area contributed by atoms with E-state index in [1.54, 1.807) is 6.07 Å². The van der Waals surface area contributed by atoms with Crippen LogP contribution in [0.2, 0.25) is 0 Å². The van der Waals surface area contributed by atoms with Crippen LogP contribution in [0.5, 0.6) is 0 Å². The molecule has 104 valence electrons. The van der Waals surface area contributed by atoms with Gasteiger partial charge in [0.25, 0.3) is 0 Å². The highest BCUT2D eigenvalue weighted by Gasteiger charge is 2.15. The SMILES string of the molecule is Nc1cc(NCCC(=O)N2CCCCC2)nc(N)n1. The fraction of sp³-hybridized carbons (Fsp3) is 0.583. The molecule has 1 amide bonds. The number of anilines is 3. The van der Waals surface area contributed by atoms with Crippen LogP contribution in [0.15, 0.2) is 6.07 Å². The Bertz CT molecular complexity index is 424. The lowest BCUT2D eigenvalue weighted by Crippen LogP contribution is -2.36. The smallest absolute Gasteiger partial charge is 0.224 e. The molecule has 5 N–H and O–H groups in total. The molecule has 0 unspecified atom stereocenters. The van der Waals surface area contributed by atoms with Crippen LogP contribution >= 0.6 is 0 Å². The van der Waals surface area contributed by atoms with Crippen molar-refractivity contribution in [3.8, 4) is 0 Å². The van der Waals surface area contributed by atoms with E-state index in [4.69, 9.17) is 11.5 Å². The van der Waals surface area contributed by atoms with Crippen LogP contribution in [0.3, 0.4) is 0 Å². The van der Waals surface area contributed by atoms with Crippen molar-refractivity contribution in [1.82, 2.24) is 14.9 Å². The average molecular weight is 264 g/mol. The molecule has 0 aliphatic carbocycles. The zero-order valence-electron chi connectivity index (χ0n) is 10.9. The monoisotopic (exact) mass is 264 g/mol. The number of nitrogen functional groups attached to an aromatic ring is 2. The number of carbonyl (C=O) groups is 1. The van der Waals surface area contributed by atoms with Crippen molar-refractivity contribution >= 4 is 23.5 Å². The first-order chi connectivity index (χ1) is 9.15. The van der Waals surface area contributed by atoms with Crippen molar-refractivity contribution in [3.05, 3.63) is 6.07 Å². The summed E-state index contributed by atoms with van der Waals surface area (Å²) in [5, 5.41) is 3.04. The number of rotatable bonds is 4. The summed E-state index contributed by atoms with van der Waals surface area (Å²) in [5.41, 5.74) is 11.1. The molecule has 1 fully saturated rings. The summed E-state index contributed by atoms with van der Waals surface area (Å²) < 4.78 is 0. The quantitative estimate of drug-likeness (QED) is 0.728. The van der Waals surface area contributed by atoms with Crippen LogP contribution in [-0.4, -0.2) is 40.4 Å². The number of piperidine rings is 1. The van der Waals surface area contributed by atoms with Gasteiger partial charge in [-0.2, -0.15) is 9.97 Å². The minimum absolute atomic E-state index is 0.129. The third-order valence-corrected chi connectivity index (χ3v) is 3.12. The van der Waals surface area contributed by atoms with Gasteiger partial charge in [0, 0.05) is 32.1 Å². The second kappa shape index (κ2) is 6.21. The molecule has 7 nitrogen and oxygen atoms in total. The largest absolute Gasteiger partial charge is 0.383 e. The molecule has 19 heavy (non-hydrogen) atoms. The van der Waals surface area contributed by atoms with Crippen molar-refractivity contribution < 1.29 is 4.79 Å². The lowest BCUT2D eigenvalue weighted by Gasteiger charge is -2.26. The van der Waals surface area contributed by atoms with Crippen LogP contribution in [0.1, 0.15) is 25.7 Å². The Morgan fingerprint density at radius 2 is 2.00 bits per heavy atom. The molecule has 0 aromatic carbocycles. The van der Waals surface area contributed by atoms with Crippen molar-refractivity contribution in [2.75, 3.05) is 36.4 Å². The first kappa shape index (κ1) is 13.4. The minimum atomic E-state index is 0.129. The Kier molecular flexibility index (Phi) is 4.38. The third-order valence-electron chi connectivity index (χ3n) is 3.12. The van der Waals surface area contributed by atoms with Gasteiger partial charge in [-0.3, -0.25) is 4.79 Å². The summed E-state index contributed by atoms with van der Waals surface area (Å²) in [6.45, 7) is 2.28. The van der Waals surface area contributed by atoms with Gasteiger partial charge < -0.3 is 21.7 Å². The molecule has 0 radical (unpaired) electrons. The van der Waals surface area contributed by atoms with E-state index < -0.39 is 0 Å². The Balaban J connectivity index is 1.77. The Labute approximate surface area is 112 Å². The number of carbonyl (C=O) groups excluding carboxylic acids is 1. The number of nitrogens with zero attached hydrogens (tertiary/aromatic N) is 3. The molecule has 0 spiro atoms. The summed E-state index contributed by atoms with van der Waals surface area (Å²) in [5.74, 6) is 1.18. The Morgan fingerprint density at radius 3 is 2.68 bits per heavy atom. The fourth-order valence-corrected chi connectivity index (χ4v) is 2.17. The van der Waals surface area contributed by atoms with Gasteiger partial charge in [0.1, 0.15) is 11.6 Å². The van der Waals surface area contributed by atoms with E-state index in [1.807, 2.05) is 4.90 Å². The molecule has 1 aromatic heterocycles. The first-order valence-electron chi connectivity index (χ1n) is 6.57. The minimum Gasteiger partial charge on any atom is -0.383 e. The maximum atomic E-state index is 11.9. The predicted octanol–water partition coefficient (Wildman–Crippen LogP) is 0.455. The normalized spacial score (nSPS) is 15.3. The van der Waals surface area contributed by atoms with Crippen LogP contribution < -0.4 is 16.8 Å². The summed E-state index contributed by atoms with van der Waals surface area (Å²) in [6.07, 6.45) is 3.89. The first-order valence-corrected chi connectivity index (χ1v) is 6.57. The standard InChI is InChI=1S/C12H20N6O/c13-9-8-10(17-12(14)16-9)15-5-4-11(19)18-6-2-1-3-7-18/h8H,1-7H2,(H5,13,14,15,16,17). The number of aromatic nitrogens is 2. The summed E-state index contributed by atoms with van der Waals surface area (Å²) >= 11 is 0. The summed E-state index contributed by atoms with van der Waals surface area (Å²) in [6, 6.07) is 1.60. The van der Waals surface area contributed by atoms with E-state index in [0.717, 1.165) is 25.9 Å². The predicted molar refractivity (Wildman–Crippen MR) is 74.4 cm³/mol. The van der Waals surface area contributed by atoms with Crippen molar-refractivity contribution in [1.29, 1.82) is 0 Å². The molecule has 2 rings (SSSR count). The van der Waals surface area contributed by atoms with E-state index in [1.165, 1.54) is 6.42 Å². The van der Waals surface area contributed by atoms with E-state index >= 15 is 0 Å². The van der Waals surface area contributed by atoms with E-state index in [2.05, 4.69) is 15.3 Å². The molecular formula is C12H20N6O. The van der Waals surface area contributed by atoms with Gasteiger partial charge >= 0.3 is 0 Å². The summed E-state index contributed by atoms with van der Waals surface area (Å²) in [7, 11) is 0. The van der Waals surface area contributed by atoms with Crippen LogP contribution in [0.25, 0.3) is 0 Å². The zero-order chi connectivity index (χ0) is 13.7. The molecule has 1 saturated heterocycles. The molecular weight excluding hydrogens is 244 g/mol. The number of nitrogens with two attached hydrogens (primary N) is 2. The van der Waals surface area contributed by atoms with Crippen LogP contribution in [0, 0.1) is 0 Å². The molecule has 1 aromatic rings. The van der Waals surface area contributed by atoms with Gasteiger partial charge in [-0.1, -0.05) is 0 Å². The molecule has 7 heteroatoms. The molecule has 0 atom stereocenters. The topological polar surface area (TPSA) is 110 Å². The van der Waals surface area contributed by atoms with Crippen molar-refractivity contribution in [2.45, 2.75) is 25.7 Å². The lowest BCUT2D eigenvalue weighted by atomic mass is 10.1. The van der Waals surface area contributed by atoms with Gasteiger partial charge in [-0.25, -0.2) is 0 Å². The fourth-order valence-electron chi connectivity index (χ4n) is 2.17. The Morgan fingerprint density at radius 1 is 1.26 bits per heavy atom. The molecule has 1 aliphatic heterocycles. The van der Waals surface area contributed by atoms with Gasteiger partial charge in [-0.15, -0.1) is 0 Å². The highest BCUT2D eigenvalue weighted by Crippen LogP contribution is 2.11. The van der Waals surface area contributed by atoms with Crippen molar-refractivity contribution in [2.24, 2.45) is 0 Å². The van der Waals surface area contributed by atoms with Crippen molar-refractivity contribution in [3.63, 3.8) is 0 Å². The molecule has 2 heterocycles. The third kappa shape index (κ3) is 3.97. The Hall–Kier alpha value is -2.05. The number of likely N-dealkylation sites (tertiary alicyclic amines) is 1. The number of hydrogen-bond acceptors (Lipinski definition) is 6. The maximum absolute atomic E-state index is 11.9. The number of hydrogen-bond donors (Lipinski definition) is 3. The number of nitrogens with one attached hydrogen (secondary N) is 1. The van der Waals surface area contributed by atoms with Gasteiger partial charge in [0.05, 0.1) is 0 Å². The second-order valence-corrected chi connectivity index (χ2v) is 4.65. The molecule has 0 bridgehead atoms. The van der Waals surface area contributed by atoms with E-state index in [9.17, 15) is 4.79 Å². The average Bonchev–Trinajstić information content (AvgIpc) is 2.38. The molecule has 0 saturated carbocycles. The highest BCUT2D eigenvalue weighted by atomic mass is 16.2. The van der Waals surface area contributed by atoms with Crippen LogP contribution in [0.4, 0.5) is 17.6 Å². The zero-order valence-corrected chi connectivity index (χ0v) is 10.9. The van der Waals surface area contributed by atoms with E-state index in [-0.39, 0.29) is 11.9 Å². The summed E-state index contributed by atoms with van der Waals surface area (Å²) in [4.78, 5) is 21.6. The second-order valence-electron chi connectivity index (χ2n) is 4.65. The highest BCUT2D eigenvalue weighted by molar-refractivity contribution is 5.76. The van der Waals surface area contributed by atoms with Gasteiger partial charge in [-0.05, 0) is 19.3 Å². The lowest BCUT2D eigenvalue weighted by molar-refractivity contribution is -0.131. The van der Waals surface area contributed by atoms with Gasteiger partial charge in [0.15, 0.2) is 0 Å². The number of amides is 1. The van der Waals surface area contributed by atoms with E-state index in [0.29, 0.717) is 24.6 Å². The molecule has 1 aliphatic rings.